The van der Waals surface area contributed by atoms with Gasteiger partial charge in [0.05, 0.1) is 33.1 Å². The van der Waals surface area contributed by atoms with Crippen molar-refractivity contribution < 1.29 is 14.2 Å². The van der Waals surface area contributed by atoms with Crippen molar-refractivity contribution in [1.82, 2.24) is 9.97 Å². The fraction of sp³-hybridized carbons (Fsp3) is 0.667. The molecule has 2 fully saturated rings. The van der Waals surface area contributed by atoms with E-state index in [-0.39, 0.29) is 0 Å². The molecule has 0 unspecified atom stereocenters. The summed E-state index contributed by atoms with van der Waals surface area (Å²) >= 11 is 6.18. The first-order chi connectivity index (χ1) is 9.22. The van der Waals surface area contributed by atoms with Gasteiger partial charge in [0.1, 0.15) is 5.02 Å². The van der Waals surface area contributed by atoms with Gasteiger partial charge in [0.15, 0.2) is 11.6 Å². The Morgan fingerprint density at radius 1 is 1.42 bits per heavy atom. The molecule has 0 aromatic carbocycles. The highest BCUT2D eigenvalue weighted by Gasteiger charge is 2.41. The normalized spacial score (nSPS) is 21.9. The van der Waals surface area contributed by atoms with Gasteiger partial charge in [-0.15, -0.1) is 0 Å². The second-order valence-electron chi connectivity index (χ2n) is 4.66. The molecule has 0 atom stereocenters. The van der Waals surface area contributed by atoms with E-state index in [1.165, 1.54) is 7.11 Å². The number of methoxy groups -OCH3 is 1. The third-order valence-corrected chi connectivity index (χ3v) is 3.68. The maximum atomic E-state index is 6.18. The van der Waals surface area contributed by atoms with Crippen LogP contribution in [0.2, 0.25) is 5.02 Å². The van der Waals surface area contributed by atoms with Crippen LogP contribution in [0.3, 0.4) is 0 Å². The standard InChI is InChI=1S/C12H16ClN3O3/c1-17-11-14-7-9(13)10(15-11)16-4-2-3-12(8-16)18-5-6-19-12/h7H,2-6,8H2,1H3. The molecule has 3 rings (SSSR count). The zero-order valence-corrected chi connectivity index (χ0v) is 11.5. The Bertz CT molecular complexity index is 466. The fourth-order valence-corrected chi connectivity index (χ4v) is 2.77. The molecule has 3 heterocycles. The van der Waals surface area contributed by atoms with Crippen LogP contribution in [0.25, 0.3) is 0 Å². The number of nitrogens with zero attached hydrogens (tertiary/aromatic N) is 3. The minimum Gasteiger partial charge on any atom is -0.467 e. The molecule has 1 aromatic heterocycles. The average Bonchev–Trinajstić information content (AvgIpc) is 2.87. The number of ether oxygens (including phenoxy) is 3. The first kappa shape index (κ1) is 12.9. The lowest BCUT2D eigenvalue weighted by molar-refractivity contribution is -0.161. The van der Waals surface area contributed by atoms with Crippen molar-refractivity contribution in [2.24, 2.45) is 0 Å². The van der Waals surface area contributed by atoms with E-state index in [4.69, 9.17) is 25.8 Å². The van der Waals surface area contributed by atoms with Crippen LogP contribution in [0.1, 0.15) is 12.8 Å². The van der Waals surface area contributed by atoms with E-state index in [2.05, 4.69) is 14.9 Å². The quantitative estimate of drug-likeness (QED) is 0.820. The highest BCUT2D eigenvalue weighted by Crippen LogP contribution is 2.34. The predicted octanol–water partition coefficient (Wildman–Crippen LogP) is 1.48. The van der Waals surface area contributed by atoms with Crippen molar-refractivity contribution in [2.75, 3.05) is 38.3 Å². The van der Waals surface area contributed by atoms with Gasteiger partial charge in [-0.3, -0.25) is 0 Å². The Morgan fingerprint density at radius 2 is 2.21 bits per heavy atom. The van der Waals surface area contributed by atoms with Crippen molar-refractivity contribution in [3.8, 4) is 6.01 Å². The lowest BCUT2D eigenvalue weighted by atomic mass is 10.0. The summed E-state index contributed by atoms with van der Waals surface area (Å²) in [6.07, 6.45) is 3.44. The van der Waals surface area contributed by atoms with Crippen LogP contribution < -0.4 is 9.64 Å². The summed E-state index contributed by atoms with van der Waals surface area (Å²) in [5, 5.41) is 0.510. The molecule has 2 saturated heterocycles. The van der Waals surface area contributed by atoms with Gasteiger partial charge in [0.2, 0.25) is 0 Å². The van der Waals surface area contributed by atoms with Crippen molar-refractivity contribution in [3.05, 3.63) is 11.2 Å². The molecule has 1 spiro atoms. The first-order valence-corrected chi connectivity index (χ1v) is 6.70. The number of hydrogen-bond acceptors (Lipinski definition) is 6. The van der Waals surface area contributed by atoms with Gasteiger partial charge in [-0.25, -0.2) is 4.98 Å². The van der Waals surface area contributed by atoms with Crippen LogP contribution in [0, 0.1) is 0 Å². The van der Waals surface area contributed by atoms with E-state index in [1.807, 2.05) is 0 Å². The Labute approximate surface area is 116 Å². The molecule has 0 aliphatic carbocycles. The summed E-state index contributed by atoms with van der Waals surface area (Å²) in [6, 6.07) is 0.312. The number of piperidine rings is 1. The minimum atomic E-state index is -0.500. The third kappa shape index (κ3) is 2.48. The summed E-state index contributed by atoms with van der Waals surface area (Å²) in [6.45, 7) is 2.80. The van der Waals surface area contributed by atoms with Crippen LogP contribution in [0.4, 0.5) is 5.82 Å². The number of anilines is 1. The van der Waals surface area contributed by atoms with Gasteiger partial charge in [0.25, 0.3) is 0 Å². The van der Waals surface area contributed by atoms with Crippen molar-refractivity contribution in [3.63, 3.8) is 0 Å². The summed E-state index contributed by atoms with van der Waals surface area (Å²) in [5.41, 5.74) is 0. The SMILES string of the molecule is COc1ncc(Cl)c(N2CCCC3(C2)OCCO3)n1. The van der Waals surface area contributed by atoms with Gasteiger partial charge < -0.3 is 19.1 Å². The van der Waals surface area contributed by atoms with Gasteiger partial charge >= 0.3 is 6.01 Å². The highest BCUT2D eigenvalue weighted by molar-refractivity contribution is 6.32. The Morgan fingerprint density at radius 3 is 2.95 bits per heavy atom. The molecule has 1 aromatic rings. The summed E-state index contributed by atoms with van der Waals surface area (Å²) < 4.78 is 16.5. The molecule has 2 aliphatic rings. The molecule has 0 saturated carbocycles. The Balaban J connectivity index is 1.85. The van der Waals surface area contributed by atoms with Gasteiger partial charge in [0, 0.05) is 13.0 Å². The van der Waals surface area contributed by atoms with Crippen LogP contribution in [0.5, 0.6) is 6.01 Å². The molecular weight excluding hydrogens is 270 g/mol. The van der Waals surface area contributed by atoms with Crippen molar-refractivity contribution in [1.29, 1.82) is 0 Å². The van der Waals surface area contributed by atoms with Gasteiger partial charge in [-0.1, -0.05) is 11.6 Å². The lowest BCUT2D eigenvalue weighted by Crippen LogP contribution is -2.49. The maximum Gasteiger partial charge on any atom is 0.318 e. The zero-order chi connectivity index (χ0) is 13.3. The average molecular weight is 286 g/mol. The molecule has 19 heavy (non-hydrogen) atoms. The summed E-state index contributed by atoms with van der Waals surface area (Å²) in [5.74, 6) is 0.173. The Kier molecular flexibility index (Phi) is 3.47. The smallest absolute Gasteiger partial charge is 0.318 e. The minimum absolute atomic E-state index is 0.312. The van der Waals surface area contributed by atoms with E-state index in [9.17, 15) is 0 Å². The summed E-state index contributed by atoms with van der Waals surface area (Å²) in [7, 11) is 1.54. The number of rotatable bonds is 2. The van der Waals surface area contributed by atoms with E-state index in [1.54, 1.807) is 6.20 Å². The van der Waals surface area contributed by atoms with Crippen molar-refractivity contribution >= 4 is 17.4 Å². The lowest BCUT2D eigenvalue weighted by Gasteiger charge is -2.39. The monoisotopic (exact) mass is 285 g/mol. The molecule has 0 radical (unpaired) electrons. The van der Waals surface area contributed by atoms with Crippen LogP contribution >= 0.6 is 11.6 Å². The fourth-order valence-electron chi connectivity index (χ4n) is 2.56. The predicted molar refractivity (Wildman–Crippen MR) is 69.7 cm³/mol. The number of halogens is 1. The number of aromatic nitrogens is 2. The first-order valence-electron chi connectivity index (χ1n) is 6.32. The van der Waals surface area contributed by atoms with Crippen LogP contribution in [-0.2, 0) is 9.47 Å². The molecule has 2 aliphatic heterocycles. The second-order valence-corrected chi connectivity index (χ2v) is 5.07. The molecule has 0 N–H and O–H groups in total. The molecule has 0 bridgehead atoms. The summed E-state index contributed by atoms with van der Waals surface area (Å²) in [4.78, 5) is 10.4. The van der Waals surface area contributed by atoms with Gasteiger partial charge in [-0.2, -0.15) is 4.98 Å². The van der Waals surface area contributed by atoms with Crippen molar-refractivity contribution in [2.45, 2.75) is 18.6 Å². The molecule has 6 nitrogen and oxygen atoms in total. The topological polar surface area (TPSA) is 56.7 Å². The van der Waals surface area contributed by atoms with E-state index >= 15 is 0 Å². The second kappa shape index (κ2) is 5.11. The zero-order valence-electron chi connectivity index (χ0n) is 10.8. The number of hydrogen-bond donors (Lipinski definition) is 0. The van der Waals surface area contributed by atoms with E-state index < -0.39 is 5.79 Å². The van der Waals surface area contributed by atoms with E-state index in [0.717, 1.165) is 19.4 Å². The van der Waals surface area contributed by atoms with Gasteiger partial charge in [-0.05, 0) is 6.42 Å². The van der Waals surface area contributed by atoms with Crippen LogP contribution in [0.15, 0.2) is 6.20 Å². The highest BCUT2D eigenvalue weighted by atomic mass is 35.5. The third-order valence-electron chi connectivity index (χ3n) is 3.42. The molecule has 7 heteroatoms. The van der Waals surface area contributed by atoms with Crippen LogP contribution in [-0.4, -0.2) is 49.2 Å². The Hall–Kier alpha value is -1.11. The molecule has 104 valence electrons. The molecular formula is C12H16ClN3O3. The van der Waals surface area contributed by atoms with E-state index in [0.29, 0.717) is 36.6 Å². The molecule has 0 amide bonds. The maximum absolute atomic E-state index is 6.18. The largest absolute Gasteiger partial charge is 0.467 e.